The number of aromatic amines is 1. The molecule has 2 aliphatic rings. The third kappa shape index (κ3) is 6.87. The molecule has 196 valence electrons. The predicted molar refractivity (Wildman–Crippen MR) is 107 cm³/mol. The zero-order chi connectivity index (χ0) is 25.6. The van der Waals surface area contributed by atoms with Gasteiger partial charge in [-0.05, 0) is 0 Å². The van der Waals surface area contributed by atoms with Gasteiger partial charge >= 0.3 is 5.97 Å². The van der Waals surface area contributed by atoms with Crippen molar-refractivity contribution in [2.24, 2.45) is 5.73 Å². The molecule has 0 saturated carbocycles. The van der Waals surface area contributed by atoms with Crippen LogP contribution in [-0.2, 0) is 25.4 Å². The smallest absolute Gasteiger partial charge is 0.320 e. The molecule has 2 saturated heterocycles. The Bertz CT molecular complexity index is 703. The molecule has 3 heterocycles. The fourth-order valence-electron chi connectivity index (χ4n) is 3.21. The lowest BCUT2D eigenvalue weighted by Gasteiger charge is -2.44. The number of hydrogen-bond acceptors (Lipinski definition) is 14. The highest BCUT2D eigenvalue weighted by molar-refractivity contribution is 5.73. The van der Waals surface area contributed by atoms with Crippen molar-refractivity contribution in [2.45, 2.75) is 73.9 Å². The minimum absolute atomic E-state index is 0.287. The van der Waals surface area contributed by atoms with E-state index < -0.39 is 86.6 Å². The predicted octanol–water partition coefficient (Wildman–Crippen LogP) is -6.03. The monoisotopic (exact) mass is 497 g/mol. The molecular formula is C18H31N3O13. The van der Waals surface area contributed by atoms with Crippen molar-refractivity contribution in [1.82, 2.24) is 9.97 Å². The van der Waals surface area contributed by atoms with Gasteiger partial charge in [-0.15, -0.1) is 0 Å². The molecule has 16 heteroatoms. The summed E-state index contributed by atoms with van der Waals surface area (Å²) < 4.78 is 15.3. The van der Waals surface area contributed by atoms with Gasteiger partial charge in [0.05, 0.1) is 19.5 Å². The lowest BCUT2D eigenvalue weighted by Crippen LogP contribution is -2.63. The lowest BCUT2D eigenvalue weighted by atomic mass is 9.98. The number of imidazole rings is 1. The molecule has 34 heavy (non-hydrogen) atoms. The minimum atomic E-state index is -1.72. The van der Waals surface area contributed by atoms with E-state index in [2.05, 4.69) is 9.97 Å². The van der Waals surface area contributed by atoms with Crippen molar-refractivity contribution >= 4 is 5.97 Å². The number of aliphatic hydroxyl groups is 8. The van der Waals surface area contributed by atoms with E-state index in [1.807, 2.05) is 0 Å². The highest BCUT2D eigenvalue weighted by Crippen LogP contribution is 2.27. The average molecular weight is 497 g/mol. The first kappa shape index (κ1) is 28.4. The van der Waals surface area contributed by atoms with E-state index in [-0.39, 0.29) is 6.42 Å². The molecule has 2 fully saturated rings. The van der Waals surface area contributed by atoms with E-state index >= 15 is 0 Å². The maximum absolute atomic E-state index is 10.3. The first-order chi connectivity index (χ1) is 16.0. The summed E-state index contributed by atoms with van der Waals surface area (Å²) >= 11 is 0. The Kier molecular flexibility index (Phi) is 10.7. The number of aliphatic hydroxyl groups excluding tert-OH is 8. The Hall–Kier alpha value is -1.80. The molecule has 0 radical (unpaired) electrons. The number of nitrogens with one attached hydrogen (secondary N) is 1. The van der Waals surface area contributed by atoms with E-state index in [4.69, 9.17) is 35.3 Å². The first-order valence-corrected chi connectivity index (χ1v) is 10.2. The molecule has 16 nitrogen and oxygen atoms in total. The number of nitrogens with zero attached hydrogens (tertiary/aromatic N) is 1. The van der Waals surface area contributed by atoms with E-state index in [1.165, 1.54) is 6.33 Å². The molecule has 0 bridgehead atoms. The largest absolute Gasteiger partial charge is 0.480 e. The van der Waals surface area contributed by atoms with Crippen LogP contribution in [0.15, 0.2) is 12.5 Å². The molecule has 11 atom stereocenters. The number of hydrogen-bond donors (Lipinski definition) is 11. The number of aliphatic carboxylic acids is 1. The normalized spacial score (nSPS) is 39.1. The summed E-state index contributed by atoms with van der Waals surface area (Å²) in [4.78, 5) is 16.8. The molecule has 0 aromatic carbocycles. The Morgan fingerprint density at radius 3 is 1.76 bits per heavy atom. The number of carbonyl (C=O) groups is 1. The zero-order valence-electron chi connectivity index (χ0n) is 17.8. The van der Waals surface area contributed by atoms with Crippen LogP contribution in [0.5, 0.6) is 0 Å². The lowest BCUT2D eigenvalue weighted by molar-refractivity contribution is -0.376. The topological polar surface area (TPSA) is 282 Å². The van der Waals surface area contributed by atoms with Crippen molar-refractivity contribution in [2.75, 3.05) is 13.2 Å². The van der Waals surface area contributed by atoms with Gasteiger partial charge in [-0.1, -0.05) is 0 Å². The quantitative estimate of drug-likeness (QED) is 0.167. The van der Waals surface area contributed by atoms with E-state index in [9.17, 15) is 35.4 Å². The molecule has 0 unspecified atom stereocenters. The number of nitrogens with two attached hydrogens (primary N) is 1. The molecule has 0 aliphatic carbocycles. The Labute approximate surface area is 192 Å². The number of rotatable bonds is 7. The van der Waals surface area contributed by atoms with Gasteiger partial charge in [0.2, 0.25) is 0 Å². The van der Waals surface area contributed by atoms with Crippen molar-refractivity contribution < 1.29 is 65.0 Å². The van der Waals surface area contributed by atoms with Crippen LogP contribution in [0.1, 0.15) is 5.69 Å². The number of carboxylic acid groups (broad SMARTS) is 1. The molecule has 2 aliphatic heterocycles. The maximum Gasteiger partial charge on any atom is 0.320 e. The summed E-state index contributed by atoms with van der Waals surface area (Å²) in [6.45, 7) is -1.33. The fourth-order valence-corrected chi connectivity index (χ4v) is 3.21. The second-order valence-electron chi connectivity index (χ2n) is 7.76. The van der Waals surface area contributed by atoms with Crippen molar-refractivity contribution in [3.8, 4) is 0 Å². The van der Waals surface area contributed by atoms with Gasteiger partial charge < -0.3 is 70.9 Å². The second-order valence-corrected chi connectivity index (χ2v) is 7.76. The summed E-state index contributed by atoms with van der Waals surface area (Å²) in [6.07, 6.45) is -12.3. The average Bonchev–Trinajstić information content (AvgIpc) is 3.33. The van der Waals surface area contributed by atoms with Crippen molar-refractivity contribution in [1.29, 1.82) is 0 Å². The van der Waals surface area contributed by atoms with Gasteiger partial charge in [-0.2, -0.15) is 0 Å². The Morgan fingerprint density at radius 1 is 0.941 bits per heavy atom. The fraction of sp³-hybridized carbons (Fsp3) is 0.778. The zero-order valence-corrected chi connectivity index (χ0v) is 17.8. The molecule has 0 amide bonds. The van der Waals surface area contributed by atoms with Crippen LogP contribution in [0, 0.1) is 0 Å². The van der Waals surface area contributed by atoms with Gasteiger partial charge in [-0.3, -0.25) is 4.79 Å². The minimum Gasteiger partial charge on any atom is -0.480 e. The highest BCUT2D eigenvalue weighted by atomic mass is 16.8. The SMILES string of the molecule is N[C@@H](Cc1cnc[nH]1)C(=O)O.OC[C@H]1O[C@H](O[C@H]2O[C@H](CO)[C@@H](O)[C@H](O)[C@H]2O)[C@H](O)[C@@H](O)[C@@H]1O. The Morgan fingerprint density at radius 2 is 1.41 bits per heavy atom. The van der Waals surface area contributed by atoms with E-state index in [0.717, 1.165) is 5.69 Å². The summed E-state index contributed by atoms with van der Waals surface area (Å²) in [7, 11) is 0. The van der Waals surface area contributed by atoms with Crippen LogP contribution in [0.25, 0.3) is 0 Å². The number of H-pyrrole nitrogens is 1. The van der Waals surface area contributed by atoms with Crippen LogP contribution in [-0.4, -0.2) is 143 Å². The first-order valence-electron chi connectivity index (χ1n) is 10.2. The Balaban J connectivity index is 0.000000310. The van der Waals surface area contributed by atoms with Gasteiger partial charge in [0.1, 0.15) is 54.9 Å². The molecular weight excluding hydrogens is 466 g/mol. The summed E-state index contributed by atoms with van der Waals surface area (Å²) in [5.74, 6) is -1.00. The summed E-state index contributed by atoms with van der Waals surface area (Å²) in [6, 6.07) is -0.851. The van der Waals surface area contributed by atoms with Gasteiger partial charge in [0.15, 0.2) is 12.6 Å². The van der Waals surface area contributed by atoms with Crippen LogP contribution in [0.3, 0.4) is 0 Å². The summed E-state index contributed by atoms with van der Waals surface area (Å²) in [5.41, 5.74) is 6.00. The van der Waals surface area contributed by atoms with Crippen molar-refractivity contribution in [3.05, 3.63) is 18.2 Å². The van der Waals surface area contributed by atoms with E-state index in [0.29, 0.717) is 0 Å². The highest BCUT2D eigenvalue weighted by Gasteiger charge is 2.49. The van der Waals surface area contributed by atoms with Gasteiger partial charge in [0.25, 0.3) is 0 Å². The van der Waals surface area contributed by atoms with E-state index in [1.54, 1.807) is 6.20 Å². The van der Waals surface area contributed by atoms with Crippen molar-refractivity contribution in [3.63, 3.8) is 0 Å². The molecule has 3 rings (SSSR count). The molecule has 1 aromatic heterocycles. The second kappa shape index (κ2) is 12.8. The third-order valence-corrected chi connectivity index (χ3v) is 5.28. The molecule has 1 aromatic rings. The number of carboxylic acids is 1. The standard InChI is InChI=1S/C12H22O11.C6H9N3O2/c13-1-3-5(15)7(17)9(19)11(21-3)23-12-10(20)8(18)6(16)4(2-14)22-12;7-5(6(10)11)1-4-2-8-3-9-4/h3-20H,1-2H2;2-3,5H,1,7H2,(H,8,9)(H,10,11)/t3-,4-,5-,6-,7+,8+,9-,10-,11-,12-;5-/m10/s1. The third-order valence-electron chi connectivity index (χ3n) is 5.28. The van der Waals surface area contributed by atoms with Gasteiger partial charge in [-0.25, -0.2) is 4.98 Å². The van der Waals surface area contributed by atoms with Crippen LogP contribution in [0.2, 0.25) is 0 Å². The van der Waals surface area contributed by atoms with Crippen LogP contribution >= 0.6 is 0 Å². The molecule has 12 N–H and O–H groups in total. The van der Waals surface area contributed by atoms with Gasteiger partial charge in [0, 0.05) is 18.3 Å². The van der Waals surface area contributed by atoms with Crippen LogP contribution in [0.4, 0.5) is 0 Å². The number of aromatic nitrogens is 2. The summed E-state index contributed by atoms with van der Waals surface area (Å²) in [5, 5.41) is 84.9. The van der Waals surface area contributed by atoms with Crippen LogP contribution < -0.4 is 5.73 Å². The number of ether oxygens (including phenoxy) is 3. The molecule has 0 spiro atoms. The maximum atomic E-state index is 10.3.